The first kappa shape index (κ1) is 10.1. The molecule has 2 atom stereocenters. The van der Waals surface area contributed by atoms with Crippen molar-refractivity contribution in [3.05, 3.63) is 0 Å². The molecular weight excluding hydrogens is 176 g/mol. The summed E-state index contributed by atoms with van der Waals surface area (Å²) in [5, 5.41) is 0. The van der Waals surface area contributed by atoms with Crippen LogP contribution in [-0.2, 0) is 11.3 Å². The maximum atomic E-state index is 10.4. The van der Waals surface area contributed by atoms with E-state index in [0.29, 0.717) is 0 Å². The van der Waals surface area contributed by atoms with Gasteiger partial charge in [-0.1, -0.05) is 6.92 Å². The molecule has 0 aromatic heterocycles. The Balaban J connectivity index is 2.21. The lowest BCUT2D eigenvalue weighted by Gasteiger charge is -2.13. The Kier molecular flexibility index (Phi) is 4.14. The number of nitrogens with one attached hydrogen (secondary N) is 1. The Bertz CT molecular complexity index is 165. The smallest absolute Gasteiger partial charge is 0.232 e. The summed E-state index contributed by atoms with van der Waals surface area (Å²) in [6.07, 6.45) is 2.13. The summed E-state index contributed by atoms with van der Waals surface area (Å²) < 4.78 is 21.6. The quantitative estimate of drug-likeness (QED) is 0.625. The van der Waals surface area contributed by atoms with Gasteiger partial charge in [-0.3, -0.25) is 4.55 Å². The lowest BCUT2D eigenvalue weighted by Crippen LogP contribution is -2.33. The average Bonchev–Trinajstić information content (AvgIpc) is 2.36. The number of rotatable bonds is 4. The third-order valence-corrected chi connectivity index (χ3v) is 2.61. The van der Waals surface area contributed by atoms with Crippen molar-refractivity contribution in [2.45, 2.75) is 25.8 Å². The summed E-state index contributed by atoms with van der Waals surface area (Å²) in [5.41, 5.74) is 0. The van der Waals surface area contributed by atoms with Crippen molar-refractivity contribution < 1.29 is 8.76 Å². The SMILES string of the molecule is CCCN1CCC(NS(=O)O)C1. The van der Waals surface area contributed by atoms with Crippen LogP contribution < -0.4 is 4.72 Å². The third-order valence-electron chi connectivity index (χ3n) is 2.08. The van der Waals surface area contributed by atoms with E-state index in [1.807, 2.05) is 0 Å². The molecule has 0 saturated carbocycles. The van der Waals surface area contributed by atoms with E-state index in [-0.39, 0.29) is 6.04 Å². The van der Waals surface area contributed by atoms with Crippen LogP contribution in [0.4, 0.5) is 0 Å². The summed E-state index contributed by atoms with van der Waals surface area (Å²) in [6, 6.07) is 0.197. The minimum atomic E-state index is -1.85. The Morgan fingerprint density at radius 3 is 3.08 bits per heavy atom. The molecule has 0 aromatic rings. The van der Waals surface area contributed by atoms with E-state index in [4.69, 9.17) is 4.55 Å². The zero-order chi connectivity index (χ0) is 8.97. The first-order chi connectivity index (χ1) is 5.72. The molecule has 1 fully saturated rings. The van der Waals surface area contributed by atoms with Gasteiger partial charge in [0.05, 0.1) is 0 Å². The van der Waals surface area contributed by atoms with Gasteiger partial charge in [0.2, 0.25) is 11.3 Å². The van der Waals surface area contributed by atoms with E-state index in [2.05, 4.69) is 16.5 Å². The van der Waals surface area contributed by atoms with Crippen LogP contribution in [0.2, 0.25) is 0 Å². The molecule has 72 valence electrons. The number of hydrogen-bond acceptors (Lipinski definition) is 2. The highest BCUT2D eigenvalue weighted by Gasteiger charge is 2.22. The fraction of sp³-hybridized carbons (Fsp3) is 1.00. The van der Waals surface area contributed by atoms with Crippen molar-refractivity contribution in [1.82, 2.24) is 9.62 Å². The van der Waals surface area contributed by atoms with Gasteiger partial charge < -0.3 is 4.90 Å². The number of hydrogen-bond donors (Lipinski definition) is 2. The number of nitrogens with zero attached hydrogens (tertiary/aromatic N) is 1. The molecule has 1 aliphatic rings. The summed E-state index contributed by atoms with van der Waals surface area (Å²) in [4.78, 5) is 2.31. The second-order valence-electron chi connectivity index (χ2n) is 3.15. The van der Waals surface area contributed by atoms with Crippen LogP contribution >= 0.6 is 0 Å². The largest absolute Gasteiger partial charge is 0.302 e. The molecule has 5 heteroatoms. The maximum absolute atomic E-state index is 10.4. The van der Waals surface area contributed by atoms with Crippen LogP contribution in [0, 0.1) is 0 Å². The van der Waals surface area contributed by atoms with Crippen LogP contribution in [0.3, 0.4) is 0 Å². The van der Waals surface area contributed by atoms with Crippen LogP contribution in [-0.4, -0.2) is 39.3 Å². The summed E-state index contributed by atoms with van der Waals surface area (Å²) in [5.74, 6) is 0. The van der Waals surface area contributed by atoms with Gasteiger partial charge in [0, 0.05) is 12.6 Å². The molecule has 0 aromatic carbocycles. The van der Waals surface area contributed by atoms with Crippen molar-refractivity contribution >= 4 is 11.3 Å². The van der Waals surface area contributed by atoms with Crippen LogP contribution in [0.1, 0.15) is 19.8 Å². The standard InChI is InChI=1S/C7H16N2O2S/c1-2-4-9-5-3-7(6-9)8-12(10)11/h7-8H,2-6H2,1H3,(H,10,11). The number of likely N-dealkylation sites (tertiary alicyclic amines) is 1. The molecule has 1 heterocycles. The van der Waals surface area contributed by atoms with Gasteiger partial charge in [0.1, 0.15) is 0 Å². The lowest BCUT2D eigenvalue weighted by molar-refractivity contribution is 0.332. The minimum absolute atomic E-state index is 0.197. The van der Waals surface area contributed by atoms with Crippen LogP contribution in [0.15, 0.2) is 0 Å². The molecule has 2 N–H and O–H groups in total. The molecule has 1 aliphatic heterocycles. The van der Waals surface area contributed by atoms with Crippen molar-refractivity contribution in [1.29, 1.82) is 0 Å². The molecule has 0 aliphatic carbocycles. The minimum Gasteiger partial charge on any atom is -0.302 e. The average molecular weight is 192 g/mol. The zero-order valence-electron chi connectivity index (χ0n) is 7.32. The van der Waals surface area contributed by atoms with Gasteiger partial charge in [-0.25, -0.2) is 8.93 Å². The zero-order valence-corrected chi connectivity index (χ0v) is 8.14. The van der Waals surface area contributed by atoms with Gasteiger partial charge in [-0.15, -0.1) is 0 Å². The highest BCUT2D eigenvalue weighted by atomic mass is 32.2. The van der Waals surface area contributed by atoms with E-state index in [1.54, 1.807) is 0 Å². The highest BCUT2D eigenvalue weighted by Crippen LogP contribution is 2.09. The molecule has 12 heavy (non-hydrogen) atoms. The van der Waals surface area contributed by atoms with Gasteiger partial charge in [-0.05, 0) is 25.9 Å². The Morgan fingerprint density at radius 1 is 1.75 bits per heavy atom. The fourth-order valence-corrected chi connectivity index (χ4v) is 2.07. The van der Waals surface area contributed by atoms with E-state index in [0.717, 1.165) is 32.5 Å². The monoisotopic (exact) mass is 192 g/mol. The molecule has 0 spiro atoms. The van der Waals surface area contributed by atoms with Crippen molar-refractivity contribution in [2.75, 3.05) is 19.6 Å². The first-order valence-corrected chi connectivity index (χ1v) is 5.42. The van der Waals surface area contributed by atoms with E-state index < -0.39 is 11.3 Å². The van der Waals surface area contributed by atoms with Gasteiger partial charge in [0.25, 0.3) is 0 Å². The second kappa shape index (κ2) is 4.91. The topological polar surface area (TPSA) is 52.6 Å². The van der Waals surface area contributed by atoms with Crippen LogP contribution in [0.5, 0.6) is 0 Å². The first-order valence-electron chi connectivity index (χ1n) is 4.31. The highest BCUT2D eigenvalue weighted by molar-refractivity contribution is 7.77. The normalized spacial score (nSPS) is 27.7. The van der Waals surface area contributed by atoms with Gasteiger partial charge in [-0.2, -0.15) is 0 Å². The molecule has 1 saturated heterocycles. The molecule has 0 amide bonds. The molecule has 1 rings (SSSR count). The molecule has 0 radical (unpaired) electrons. The molecule has 2 unspecified atom stereocenters. The molecular formula is C7H16N2O2S. The van der Waals surface area contributed by atoms with Crippen molar-refractivity contribution in [3.63, 3.8) is 0 Å². The van der Waals surface area contributed by atoms with Crippen LogP contribution in [0.25, 0.3) is 0 Å². The van der Waals surface area contributed by atoms with Gasteiger partial charge >= 0.3 is 0 Å². The van der Waals surface area contributed by atoms with E-state index >= 15 is 0 Å². The van der Waals surface area contributed by atoms with E-state index in [9.17, 15) is 4.21 Å². The Labute approximate surface area is 75.7 Å². The summed E-state index contributed by atoms with van der Waals surface area (Å²) >= 11 is -1.85. The van der Waals surface area contributed by atoms with Crippen molar-refractivity contribution in [3.8, 4) is 0 Å². The predicted molar refractivity (Wildman–Crippen MR) is 49.0 cm³/mol. The van der Waals surface area contributed by atoms with E-state index in [1.165, 1.54) is 0 Å². The Morgan fingerprint density at radius 2 is 2.50 bits per heavy atom. The summed E-state index contributed by atoms with van der Waals surface area (Å²) in [7, 11) is 0. The predicted octanol–water partition coefficient (Wildman–Crippen LogP) is 0.197. The van der Waals surface area contributed by atoms with Crippen molar-refractivity contribution in [2.24, 2.45) is 0 Å². The molecule has 0 bridgehead atoms. The van der Waals surface area contributed by atoms with Gasteiger partial charge in [0.15, 0.2) is 0 Å². The molecule has 4 nitrogen and oxygen atoms in total. The lowest BCUT2D eigenvalue weighted by atomic mass is 10.3. The summed E-state index contributed by atoms with van der Waals surface area (Å²) in [6.45, 7) is 5.18. The third kappa shape index (κ3) is 3.18. The Hall–Kier alpha value is 0.0300. The fourth-order valence-electron chi connectivity index (χ4n) is 1.59. The maximum Gasteiger partial charge on any atom is 0.232 e. The second-order valence-corrected chi connectivity index (χ2v) is 3.89.